The van der Waals surface area contributed by atoms with Gasteiger partial charge < -0.3 is 20.3 Å². The summed E-state index contributed by atoms with van der Waals surface area (Å²) in [6.07, 6.45) is 6.78. The van der Waals surface area contributed by atoms with Gasteiger partial charge in [0.2, 0.25) is 11.9 Å². The summed E-state index contributed by atoms with van der Waals surface area (Å²) in [6.45, 7) is 3.94. The Morgan fingerprint density at radius 2 is 1.77 bits per heavy atom. The molecular formula is C23H27N7O. The van der Waals surface area contributed by atoms with Crippen LogP contribution in [0.25, 0.3) is 11.3 Å². The van der Waals surface area contributed by atoms with E-state index >= 15 is 0 Å². The maximum atomic E-state index is 5.69. The van der Waals surface area contributed by atoms with Crippen LogP contribution in [0.3, 0.4) is 0 Å². The molecular weight excluding hydrogens is 390 g/mol. The molecule has 0 saturated carbocycles. The van der Waals surface area contributed by atoms with Crippen LogP contribution in [0.5, 0.6) is 0 Å². The van der Waals surface area contributed by atoms with Gasteiger partial charge in [0.15, 0.2) is 0 Å². The zero-order chi connectivity index (χ0) is 21.0. The molecule has 2 saturated heterocycles. The molecule has 0 bridgehead atoms. The molecule has 160 valence electrons. The van der Waals surface area contributed by atoms with Crippen molar-refractivity contribution in [2.45, 2.75) is 25.3 Å². The predicted molar refractivity (Wildman–Crippen MR) is 121 cm³/mol. The highest BCUT2D eigenvalue weighted by Gasteiger charge is 2.28. The number of nitrogens with zero attached hydrogens (tertiary/aromatic N) is 6. The molecule has 0 spiro atoms. The van der Waals surface area contributed by atoms with Crippen LogP contribution < -0.4 is 15.5 Å². The summed E-state index contributed by atoms with van der Waals surface area (Å²) in [5.41, 5.74) is 8.70. The molecule has 1 atom stereocenters. The molecule has 0 radical (unpaired) electrons. The number of rotatable bonds is 5. The topological polar surface area (TPSA) is 93.3 Å². The lowest BCUT2D eigenvalue weighted by Gasteiger charge is -2.30. The zero-order valence-corrected chi connectivity index (χ0v) is 17.5. The third kappa shape index (κ3) is 4.44. The Bertz CT molecular complexity index is 1010. The molecule has 1 unspecified atom stereocenters. The molecule has 1 aromatic carbocycles. The van der Waals surface area contributed by atoms with Gasteiger partial charge in [-0.2, -0.15) is 4.98 Å². The highest BCUT2D eigenvalue weighted by Crippen LogP contribution is 2.31. The summed E-state index contributed by atoms with van der Waals surface area (Å²) in [4.78, 5) is 22.8. The fraction of sp³-hybridized carbons (Fsp3) is 0.391. The Kier molecular flexibility index (Phi) is 5.62. The summed E-state index contributed by atoms with van der Waals surface area (Å²) >= 11 is 0. The van der Waals surface area contributed by atoms with Crippen molar-refractivity contribution in [1.29, 1.82) is 0 Å². The number of aromatic nitrogens is 4. The quantitative estimate of drug-likeness (QED) is 0.677. The van der Waals surface area contributed by atoms with Crippen LogP contribution in [0.15, 0.2) is 48.8 Å². The molecule has 31 heavy (non-hydrogen) atoms. The standard InChI is InChI=1S/C23H27N7O/c24-22-25-15-18(16-26-22)20-14-21(28-23(27-20)29-9-11-31-12-10-29)30-8-4-7-19(30)13-17-5-2-1-3-6-17/h1-3,5-6,14-16,19H,4,7-13H2,(H2,24,25,26). The van der Waals surface area contributed by atoms with E-state index in [0.29, 0.717) is 19.3 Å². The van der Waals surface area contributed by atoms with Crippen LogP contribution in [0, 0.1) is 0 Å². The minimum absolute atomic E-state index is 0.258. The van der Waals surface area contributed by atoms with Crippen molar-refractivity contribution in [1.82, 2.24) is 19.9 Å². The van der Waals surface area contributed by atoms with Gasteiger partial charge >= 0.3 is 0 Å². The molecule has 4 heterocycles. The number of nitrogens with two attached hydrogens (primary N) is 1. The van der Waals surface area contributed by atoms with Crippen LogP contribution in [-0.4, -0.2) is 58.8 Å². The Hall–Kier alpha value is -3.26. The lowest BCUT2D eigenvalue weighted by Crippen LogP contribution is -2.38. The second kappa shape index (κ2) is 8.85. The molecule has 2 aliphatic heterocycles. The normalized spacial score (nSPS) is 19.0. The van der Waals surface area contributed by atoms with E-state index < -0.39 is 0 Å². The maximum Gasteiger partial charge on any atom is 0.228 e. The van der Waals surface area contributed by atoms with Crippen LogP contribution in [0.4, 0.5) is 17.7 Å². The fourth-order valence-corrected chi connectivity index (χ4v) is 4.33. The largest absolute Gasteiger partial charge is 0.378 e. The third-order valence-corrected chi connectivity index (χ3v) is 5.95. The van der Waals surface area contributed by atoms with Gasteiger partial charge in [0.1, 0.15) is 5.82 Å². The van der Waals surface area contributed by atoms with Crippen LogP contribution in [0.2, 0.25) is 0 Å². The van der Waals surface area contributed by atoms with Crippen LogP contribution in [-0.2, 0) is 11.2 Å². The summed E-state index contributed by atoms with van der Waals surface area (Å²) in [5.74, 6) is 1.95. The van der Waals surface area contributed by atoms with Gasteiger partial charge in [0.25, 0.3) is 0 Å². The van der Waals surface area contributed by atoms with E-state index in [9.17, 15) is 0 Å². The molecule has 2 aromatic heterocycles. The van der Waals surface area contributed by atoms with Crippen molar-refractivity contribution in [2.24, 2.45) is 0 Å². The Morgan fingerprint density at radius 1 is 1.00 bits per heavy atom. The third-order valence-electron chi connectivity index (χ3n) is 5.95. The second-order valence-corrected chi connectivity index (χ2v) is 8.02. The first-order valence-electron chi connectivity index (χ1n) is 10.9. The molecule has 2 aliphatic rings. The van der Waals surface area contributed by atoms with E-state index in [1.165, 1.54) is 5.56 Å². The number of anilines is 3. The lowest BCUT2D eigenvalue weighted by molar-refractivity contribution is 0.122. The molecule has 3 aromatic rings. The molecule has 5 rings (SSSR count). The number of hydrogen-bond acceptors (Lipinski definition) is 8. The van der Waals surface area contributed by atoms with E-state index in [0.717, 1.165) is 61.9 Å². The van der Waals surface area contributed by atoms with Crippen molar-refractivity contribution < 1.29 is 4.74 Å². The second-order valence-electron chi connectivity index (χ2n) is 8.02. The van der Waals surface area contributed by atoms with E-state index in [1.807, 2.05) is 0 Å². The Morgan fingerprint density at radius 3 is 2.55 bits per heavy atom. The van der Waals surface area contributed by atoms with Gasteiger partial charge in [-0.3, -0.25) is 0 Å². The fourth-order valence-electron chi connectivity index (χ4n) is 4.33. The van der Waals surface area contributed by atoms with Gasteiger partial charge in [0, 0.05) is 49.7 Å². The molecule has 2 N–H and O–H groups in total. The monoisotopic (exact) mass is 417 g/mol. The molecule has 0 amide bonds. The average molecular weight is 418 g/mol. The summed E-state index contributed by atoms with van der Waals surface area (Å²) in [7, 11) is 0. The molecule has 2 fully saturated rings. The van der Waals surface area contributed by atoms with Crippen molar-refractivity contribution in [3.05, 3.63) is 54.4 Å². The molecule has 0 aliphatic carbocycles. The highest BCUT2D eigenvalue weighted by atomic mass is 16.5. The SMILES string of the molecule is Nc1ncc(-c2cc(N3CCCC3Cc3ccccc3)nc(N3CCOCC3)n2)cn1. The number of nitrogen functional groups attached to an aromatic ring is 1. The Balaban J connectivity index is 1.50. The van der Waals surface area contributed by atoms with Gasteiger partial charge in [-0.1, -0.05) is 30.3 Å². The first-order valence-corrected chi connectivity index (χ1v) is 10.9. The van der Waals surface area contributed by atoms with Gasteiger partial charge in [-0.05, 0) is 24.8 Å². The molecule has 8 heteroatoms. The minimum Gasteiger partial charge on any atom is -0.378 e. The first kappa shape index (κ1) is 19.7. The first-order chi connectivity index (χ1) is 15.3. The maximum absolute atomic E-state index is 5.69. The number of ether oxygens (including phenoxy) is 1. The summed E-state index contributed by atoms with van der Waals surface area (Å²) in [6, 6.07) is 13.2. The summed E-state index contributed by atoms with van der Waals surface area (Å²) < 4.78 is 5.52. The molecule has 8 nitrogen and oxygen atoms in total. The number of benzene rings is 1. The van der Waals surface area contributed by atoms with Crippen molar-refractivity contribution in [3.63, 3.8) is 0 Å². The lowest BCUT2D eigenvalue weighted by atomic mass is 10.0. The van der Waals surface area contributed by atoms with Crippen molar-refractivity contribution >= 4 is 17.7 Å². The summed E-state index contributed by atoms with van der Waals surface area (Å²) in [5, 5.41) is 0. The number of morpholine rings is 1. The van der Waals surface area contributed by atoms with E-state index in [-0.39, 0.29) is 5.95 Å². The van der Waals surface area contributed by atoms with Gasteiger partial charge in [0.05, 0.1) is 18.9 Å². The van der Waals surface area contributed by atoms with Gasteiger partial charge in [-0.25, -0.2) is 15.0 Å². The highest BCUT2D eigenvalue weighted by molar-refractivity contribution is 5.64. The number of hydrogen-bond donors (Lipinski definition) is 1. The van der Waals surface area contributed by atoms with E-state index in [4.69, 9.17) is 20.4 Å². The van der Waals surface area contributed by atoms with E-state index in [2.05, 4.69) is 56.2 Å². The van der Waals surface area contributed by atoms with Crippen molar-refractivity contribution in [2.75, 3.05) is 48.4 Å². The Labute approximate surface area is 182 Å². The average Bonchev–Trinajstić information content (AvgIpc) is 3.29. The van der Waals surface area contributed by atoms with E-state index in [1.54, 1.807) is 12.4 Å². The van der Waals surface area contributed by atoms with Crippen molar-refractivity contribution in [3.8, 4) is 11.3 Å². The smallest absolute Gasteiger partial charge is 0.228 e. The van der Waals surface area contributed by atoms with Crippen LogP contribution >= 0.6 is 0 Å². The van der Waals surface area contributed by atoms with Crippen LogP contribution in [0.1, 0.15) is 18.4 Å². The predicted octanol–water partition coefficient (Wildman–Crippen LogP) is 2.56. The van der Waals surface area contributed by atoms with Gasteiger partial charge in [-0.15, -0.1) is 0 Å². The zero-order valence-electron chi connectivity index (χ0n) is 17.5. The minimum atomic E-state index is 0.258.